The summed E-state index contributed by atoms with van der Waals surface area (Å²) >= 11 is 0. The lowest BCUT2D eigenvalue weighted by Gasteiger charge is -2.34. The summed E-state index contributed by atoms with van der Waals surface area (Å²) in [4.78, 5) is 18.5. The molecule has 0 atom stereocenters. The second kappa shape index (κ2) is 9.93. The first-order chi connectivity index (χ1) is 14.4. The number of piperazine rings is 1. The molecule has 2 aromatic rings. The topological polar surface area (TPSA) is 81.8 Å². The van der Waals surface area contributed by atoms with Gasteiger partial charge in [0, 0.05) is 49.9 Å². The van der Waals surface area contributed by atoms with Gasteiger partial charge in [0.1, 0.15) is 11.6 Å². The molecule has 164 valence electrons. The molecule has 2 N–H and O–H groups in total. The van der Waals surface area contributed by atoms with Crippen LogP contribution in [0, 0.1) is 0 Å². The maximum Gasteiger partial charge on any atom is 0.213 e. The summed E-state index contributed by atoms with van der Waals surface area (Å²) < 4.78 is 5.87. The lowest BCUT2D eigenvalue weighted by Crippen LogP contribution is -2.45. The molecule has 0 aromatic carbocycles. The molecule has 0 spiro atoms. The Hall–Kier alpha value is -2.61. The van der Waals surface area contributed by atoms with E-state index < -0.39 is 0 Å². The maximum atomic E-state index is 5.87. The van der Waals surface area contributed by atoms with Gasteiger partial charge in [0.15, 0.2) is 5.96 Å². The maximum absolute atomic E-state index is 5.87. The average molecular weight is 414 g/mol. The smallest absolute Gasteiger partial charge is 0.213 e. The van der Waals surface area contributed by atoms with E-state index in [1.165, 1.54) is 0 Å². The van der Waals surface area contributed by atoms with Crippen molar-refractivity contribution in [3.63, 3.8) is 0 Å². The van der Waals surface area contributed by atoms with Crippen molar-refractivity contribution in [3.05, 3.63) is 41.7 Å². The van der Waals surface area contributed by atoms with Crippen LogP contribution in [0.4, 0.5) is 5.82 Å². The van der Waals surface area contributed by atoms with Gasteiger partial charge in [0.05, 0.1) is 19.3 Å². The van der Waals surface area contributed by atoms with Crippen LogP contribution in [0.3, 0.4) is 0 Å². The van der Waals surface area contributed by atoms with E-state index in [2.05, 4.69) is 71.2 Å². The number of aromatic nitrogens is 2. The summed E-state index contributed by atoms with van der Waals surface area (Å²) in [6, 6.07) is 4.09. The van der Waals surface area contributed by atoms with Crippen LogP contribution in [-0.2, 0) is 18.5 Å². The van der Waals surface area contributed by atoms with E-state index >= 15 is 0 Å². The molecule has 0 bridgehead atoms. The van der Waals surface area contributed by atoms with Crippen LogP contribution in [0.15, 0.2) is 33.9 Å². The van der Waals surface area contributed by atoms with Crippen molar-refractivity contribution >= 4 is 11.8 Å². The van der Waals surface area contributed by atoms with Gasteiger partial charge in [-0.1, -0.05) is 26.8 Å². The molecule has 0 unspecified atom stereocenters. The van der Waals surface area contributed by atoms with E-state index in [0.717, 1.165) is 55.8 Å². The van der Waals surface area contributed by atoms with Crippen LogP contribution in [0.2, 0.25) is 0 Å². The number of hydrogen-bond acceptors (Lipinski definition) is 6. The van der Waals surface area contributed by atoms with Crippen LogP contribution < -0.4 is 15.5 Å². The minimum absolute atomic E-state index is 0.0518. The minimum Gasteiger partial charge on any atom is -0.443 e. The zero-order chi connectivity index (χ0) is 21.6. The summed E-state index contributed by atoms with van der Waals surface area (Å²) in [5.41, 5.74) is 1.08. The number of likely N-dealkylation sites (N-methyl/N-ethyl adjacent to an activating group) is 1. The van der Waals surface area contributed by atoms with E-state index in [9.17, 15) is 0 Å². The number of oxazole rings is 1. The van der Waals surface area contributed by atoms with Crippen molar-refractivity contribution in [1.82, 2.24) is 25.5 Å². The lowest BCUT2D eigenvalue weighted by molar-refractivity contribution is 0.312. The second-order valence-corrected chi connectivity index (χ2v) is 8.69. The molecule has 30 heavy (non-hydrogen) atoms. The second-order valence-electron chi connectivity index (χ2n) is 8.69. The molecule has 0 aliphatic carbocycles. The van der Waals surface area contributed by atoms with Gasteiger partial charge in [-0.2, -0.15) is 0 Å². The van der Waals surface area contributed by atoms with Crippen LogP contribution in [0.1, 0.15) is 44.9 Å². The van der Waals surface area contributed by atoms with Crippen LogP contribution in [0.5, 0.6) is 0 Å². The first kappa shape index (κ1) is 22.1. The Balaban J connectivity index is 1.66. The predicted octanol–water partition coefficient (Wildman–Crippen LogP) is 2.37. The highest BCUT2D eigenvalue weighted by molar-refractivity contribution is 5.79. The SMILES string of the molecule is CCNC(=NCc1cccnc1N1CCN(C)CC1)NCc1ncc(C(C)(C)C)o1. The van der Waals surface area contributed by atoms with Crippen molar-refractivity contribution in [2.75, 3.05) is 44.7 Å². The number of hydrogen-bond donors (Lipinski definition) is 2. The summed E-state index contributed by atoms with van der Waals surface area (Å²) in [6.45, 7) is 14.3. The molecular weight excluding hydrogens is 378 g/mol. The highest BCUT2D eigenvalue weighted by atomic mass is 16.4. The Bertz CT molecular complexity index is 832. The molecule has 1 fully saturated rings. The van der Waals surface area contributed by atoms with Crippen molar-refractivity contribution in [2.45, 2.75) is 46.2 Å². The zero-order valence-electron chi connectivity index (χ0n) is 18.9. The minimum atomic E-state index is -0.0518. The quantitative estimate of drug-likeness (QED) is 0.556. The van der Waals surface area contributed by atoms with Gasteiger partial charge in [-0.05, 0) is 20.0 Å². The molecule has 1 aliphatic rings. The molecule has 3 rings (SSSR count). The normalized spacial score (nSPS) is 16.0. The Morgan fingerprint density at radius 1 is 1.17 bits per heavy atom. The summed E-state index contributed by atoms with van der Waals surface area (Å²) in [6.07, 6.45) is 3.67. The molecule has 0 amide bonds. The molecule has 0 radical (unpaired) electrons. The van der Waals surface area contributed by atoms with E-state index in [4.69, 9.17) is 9.41 Å². The Labute approximate surface area is 179 Å². The van der Waals surface area contributed by atoms with E-state index in [0.29, 0.717) is 19.0 Å². The number of aliphatic imine (C=N–C) groups is 1. The molecule has 1 saturated heterocycles. The molecule has 8 nitrogen and oxygen atoms in total. The Morgan fingerprint density at radius 2 is 1.93 bits per heavy atom. The number of pyridine rings is 1. The fourth-order valence-corrected chi connectivity index (χ4v) is 3.26. The fraction of sp³-hybridized carbons (Fsp3) is 0.591. The third kappa shape index (κ3) is 5.95. The van der Waals surface area contributed by atoms with Gasteiger partial charge in [0.25, 0.3) is 0 Å². The van der Waals surface area contributed by atoms with Gasteiger partial charge in [-0.15, -0.1) is 0 Å². The van der Waals surface area contributed by atoms with Gasteiger partial charge < -0.3 is 24.9 Å². The highest BCUT2D eigenvalue weighted by Crippen LogP contribution is 2.22. The van der Waals surface area contributed by atoms with Gasteiger partial charge in [-0.3, -0.25) is 0 Å². The summed E-state index contributed by atoms with van der Waals surface area (Å²) in [7, 11) is 2.16. The van der Waals surface area contributed by atoms with Crippen molar-refractivity contribution in [1.29, 1.82) is 0 Å². The number of nitrogens with one attached hydrogen (secondary N) is 2. The van der Waals surface area contributed by atoms with Gasteiger partial charge >= 0.3 is 0 Å². The van der Waals surface area contributed by atoms with E-state index in [1.807, 2.05) is 12.3 Å². The van der Waals surface area contributed by atoms with Crippen LogP contribution in [-0.4, -0.2) is 60.6 Å². The molecule has 2 aromatic heterocycles. The number of guanidine groups is 1. The van der Waals surface area contributed by atoms with Crippen molar-refractivity contribution < 1.29 is 4.42 Å². The lowest BCUT2D eigenvalue weighted by atomic mass is 9.94. The van der Waals surface area contributed by atoms with Gasteiger partial charge in [-0.25, -0.2) is 15.0 Å². The number of nitrogens with zero attached hydrogens (tertiary/aromatic N) is 5. The van der Waals surface area contributed by atoms with Crippen LogP contribution >= 0.6 is 0 Å². The molecule has 1 aliphatic heterocycles. The largest absolute Gasteiger partial charge is 0.443 e. The molecule has 3 heterocycles. The third-order valence-corrected chi connectivity index (χ3v) is 5.12. The number of anilines is 1. The summed E-state index contributed by atoms with van der Waals surface area (Å²) in [5.74, 6) is 3.31. The molecule has 0 saturated carbocycles. The monoisotopic (exact) mass is 413 g/mol. The first-order valence-corrected chi connectivity index (χ1v) is 10.7. The average Bonchev–Trinajstić information content (AvgIpc) is 3.21. The number of rotatable bonds is 6. The third-order valence-electron chi connectivity index (χ3n) is 5.12. The Morgan fingerprint density at radius 3 is 2.60 bits per heavy atom. The summed E-state index contributed by atoms with van der Waals surface area (Å²) in [5, 5.41) is 6.61. The van der Waals surface area contributed by atoms with Gasteiger partial charge in [0.2, 0.25) is 5.89 Å². The highest BCUT2D eigenvalue weighted by Gasteiger charge is 2.20. The van der Waals surface area contributed by atoms with Crippen molar-refractivity contribution in [2.24, 2.45) is 4.99 Å². The van der Waals surface area contributed by atoms with Crippen LogP contribution in [0.25, 0.3) is 0 Å². The van der Waals surface area contributed by atoms with Crippen molar-refractivity contribution in [3.8, 4) is 0 Å². The predicted molar refractivity (Wildman–Crippen MR) is 121 cm³/mol. The first-order valence-electron chi connectivity index (χ1n) is 10.7. The Kier molecular flexibility index (Phi) is 7.31. The standard InChI is InChI=1S/C22H35N7O/c1-6-23-21(27-16-19-25-15-18(30-19)22(2,3)4)26-14-17-8-7-9-24-20(17)29-12-10-28(5)11-13-29/h7-9,15H,6,10-14,16H2,1-5H3,(H2,23,26,27). The van der Waals surface area contributed by atoms with E-state index in [1.54, 1.807) is 6.20 Å². The zero-order valence-corrected chi connectivity index (χ0v) is 18.9. The fourth-order valence-electron chi connectivity index (χ4n) is 3.26. The van der Waals surface area contributed by atoms with E-state index in [-0.39, 0.29) is 5.41 Å². The molecular formula is C22H35N7O. The molecule has 8 heteroatoms.